The van der Waals surface area contributed by atoms with E-state index in [0.29, 0.717) is 6.61 Å². The van der Waals surface area contributed by atoms with Crippen LogP contribution in [0.25, 0.3) is 0 Å². The maximum absolute atomic E-state index is 6.10. The number of nitrogens with one attached hydrogen (secondary N) is 1. The van der Waals surface area contributed by atoms with Crippen LogP contribution >= 0.6 is 11.3 Å². The molecule has 0 amide bonds. The van der Waals surface area contributed by atoms with Crippen molar-refractivity contribution in [3.63, 3.8) is 0 Å². The highest BCUT2D eigenvalue weighted by molar-refractivity contribution is 7.12. The Balaban J connectivity index is 2.30. The molecule has 0 aliphatic rings. The molecule has 0 spiro atoms. The zero-order chi connectivity index (χ0) is 15.1. The molecule has 3 heteroatoms. The molecule has 1 N–H and O–H groups in total. The van der Waals surface area contributed by atoms with Gasteiger partial charge in [-0.1, -0.05) is 37.3 Å². The van der Waals surface area contributed by atoms with Crippen molar-refractivity contribution < 1.29 is 4.74 Å². The van der Waals surface area contributed by atoms with Crippen LogP contribution in [-0.2, 0) is 4.74 Å². The van der Waals surface area contributed by atoms with Gasteiger partial charge in [-0.15, -0.1) is 11.3 Å². The average molecular weight is 303 g/mol. The van der Waals surface area contributed by atoms with Crippen LogP contribution in [0.4, 0.5) is 0 Å². The molecule has 2 nitrogen and oxygen atoms in total. The lowest BCUT2D eigenvalue weighted by molar-refractivity contribution is 0.0336. The van der Waals surface area contributed by atoms with Crippen molar-refractivity contribution in [2.75, 3.05) is 13.2 Å². The van der Waals surface area contributed by atoms with E-state index >= 15 is 0 Å². The largest absolute Gasteiger partial charge is 0.372 e. The van der Waals surface area contributed by atoms with Crippen LogP contribution < -0.4 is 5.32 Å². The second-order valence-corrected chi connectivity index (χ2v) is 6.49. The molecule has 2 aromatic rings. The van der Waals surface area contributed by atoms with Crippen molar-refractivity contribution >= 4 is 11.3 Å². The normalized spacial score (nSPS) is 14.0. The van der Waals surface area contributed by atoms with Gasteiger partial charge in [0, 0.05) is 16.4 Å². The summed E-state index contributed by atoms with van der Waals surface area (Å²) in [6, 6.07) is 15.2. The van der Waals surface area contributed by atoms with Gasteiger partial charge in [0.15, 0.2) is 0 Å². The highest BCUT2D eigenvalue weighted by Crippen LogP contribution is 2.35. The molecule has 1 aromatic heterocycles. The lowest BCUT2D eigenvalue weighted by Crippen LogP contribution is -2.28. The van der Waals surface area contributed by atoms with Gasteiger partial charge in [-0.2, -0.15) is 0 Å². The lowest BCUT2D eigenvalue weighted by atomic mass is 10.0. The molecule has 114 valence electrons. The summed E-state index contributed by atoms with van der Waals surface area (Å²) >= 11 is 1.85. The summed E-state index contributed by atoms with van der Waals surface area (Å²) < 4.78 is 6.10. The van der Waals surface area contributed by atoms with E-state index in [-0.39, 0.29) is 12.1 Å². The Kier molecular flexibility index (Phi) is 6.43. The van der Waals surface area contributed by atoms with Gasteiger partial charge in [-0.3, -0.25) is 0 Å². The van der Waals surface area contributed by atoms with E-state index in [1.54, 1.807) is 0 Å². The summed E-state index contributed by atoms with van der Waals surface area (Å²) in [5.74, 6) is 0. The van der Waals surface area contributed by atoms with E-state index in [4.69, 9.17) is 4.74 Å². The molecule has 0 saturated heterocycles. The number of hydrogen-bond acceptors (Lipinski definition) is 3. The summed E-state index contributed by atoms with van der Waals surface area (Å²) in [5, 5.41) is 3.67. The molecule has 0 radical (unpaired) electrons. The van der Waals surface area contributed by atoms with E-state index in [9.17, 15) is 0 Å². The van der Waals surface area contributed by atoms with Gasteiger partial charge in [0.1, 0.15) is 6.10 Å². The Morgan fingerprint density at radius 3 is 2.43 bits per heavy atom. The first kappa shape index (κ1) is 16.2. The number of benzene rings is 1. The second kappa shape index (κ2) is 8.32. The standard InChI is InChI=1S/C18H25NOS/c1-4-13-19-17(16-12-11-14(3)21-16)18(20-5-2)15-9-7-6-8-10-15/h6-12,17-19H,4-5,13H2,1-3H3. The minimum Gasteiger partial charge on any atom is -0.372 e. The summed E-state index contributed by atoms with van der Waals surface area (Å²) in [7, 11) is 0. The molecule has 2 unspecified atom stereocenters. The fourth-order valence-corrected chi connectivity index (χ4v) is 3.46. The zero-order valence-electron chi connectivity index (χ0n) is 13.1. The predicted octanol–water partition coefficient (Wildman–Crippen LogP) is 4.88. The highest BCUT2D eigenvalue weighted by atomic mass is 32.1. The molecule has 0 aliphatic heterocycles. The second-order valence-electron chi connectivity index (χ2n) is 5.17. The average Bonchev–Trinajstić information content (AvgIpc) is 2.94. The molecule has 0 aliphatic carbocycles. The van der Waals surface area contributed by atoms with Crippen molar-refractivity contribution in [1.29, 1.82) is 0 Å². The van der Waals surface area contributed by atoms with Crippen LogP contribution in [0.3, 0.4) is 0 Å². The third-order valence-corrected chi connectivity index (χ3v) is 4.54. The minimum atomic E-state index is 0.0563. The van der Waals surface area contributed by atoms with Gasteiger partial charge in [0.2, 0.25) is 0 Å². The molecule has 21 heavy (non-hydrogen) atoms. The molecular formula is C18H25NOS. The van der Waals surface area contributed by atoms with E-state index in [1.165, 1.54) is 15.3 Å². The van der Waals surface area contributed by atoms with E-state index in [1.807, 2.05) is 11.3 Å². The number of aryl methyl sites for hydroxylation is 1. The van der Waals surface area contributed by atoms with Gasteiger partial charge < -0.3 is 10.1 Å². The lowest BCUT2D eigenvalue weighted by Gasteiger charge is -2.28. The Morgan fingerprint density at radius 1 is 1.10 bits per heavy atom. The first-order chi connectivity index (χ1) is 10.3. The van der Waals surface area contributed by atoms with Crippen LogP contribution in [0.2, 0.25) is 0 Å². The molecule has 1 aromatic carbocycles. The first-order valence-corrected chi connectivity index (χ1v) is 8.54. The monoisotopic (exact) mass is 303 g/mol. The van der Waals surface area contributed by atoms with Crippen LogP contribution in [0, 0.1) is 6.92 Å². The number of ether oxygens (including phenoxy) is 1. The van der Waals surface area contributed by atoms with Gasteiger partial charge >= 0.3 is 0 Å². The van der Waals surface area contributed by atoms with E-state index in [0.717, 1.165) is 13.0 Å². The van der Waals surface area contributed by atoms with Crippen molar-refractivity contribution in [3.05, 3.63) is 57.8 Å². The van der Waals surface area contributed by atoms with Crippen molar-refractivity contribution in [2.24, 2.45) is 0 Å². The third-order valence-electron chi connectivity index (χ3n) is 3.46. The third kappa shape index (κ3) is 4.40. The maximum atomic E-state index is 6.10. The van der Waals surface area contributed by atoms with Crippen LogP contribution in [-0.4, -0.2) is 13.2 Å². The molecular weight excluding hydrogens is 278 g/mol. The summed E-state index contributed by atoms with van der Waals surface area (Å²) in [6.45, 7) is 8.13. The van der Waals surface area contributed by atoms with Crippen molar-refractivity contribution in [1.82, 2.24) is 5.32 Å². The Bertz CT molecular complexity index is 523. The topological polar surface area (TPSA) is 21.3 Å². The summed E-state index contributed by atoms with van der Waals surface area (Å²) in [4.78, 5) is 2.69. The fraction of sp³-hybridized carbons (Fsp3) is 0.444. The van der Waals surface area contributed by atoms with Gasteiger partial charge in [0.05, 0.1) is 6.04 Å². The number of hydrogen-bond donors (Lipinski definition) is 1. The van der Waals surface area contributed by atoms with Crippen LogP contribution in [0.15, 0.2) is 42.5 Å². The minimum absolute atomic E-state index is 0.0563. The van der Waals surface area contributed by atoms with Gasteiger partial charge in [-0.25, -0.2) is 0 Å². The predicted molar refractivity (Wildman–Crippen MR) is 90.9 cm³/mol. The SMILES string of the molecule is CCCNC(c1ccc(C)s1)C(OCC)c1ccccc1. The molecule has 0 bridgehead atoms. The first-order valence-electron chi connectivity index (χ1n) is 7.72. The molecule has 0 saturated carbocycles. The molecule has 0 fully saturated rings. The highest BCUT2D eigenvalue weighted by Gasteiger charge is 2.25. The van der Waals surface area contributed by atoms with Crippen LogP contribution in [0.5, 0.6) is 0 Å². The molecule has 2 rings (SSSR count). The van der Waals surface area contributed by atoms with Gasteiger partial charge in [-0.05, 0) is 44.5 Å². The van der Waals surface area contributed by atoms with Crippen LogP contribution in [0.1, 0.15) is 47.7 Å². The van der Waals surface area contributed by atoms with E-state index in [2.05, 4.69) is 68.6 Å². The Morgan fingerprint density at radius 2 is 1.86 bits per heavy atom. The van der Waals surface area contributed by atoms with Crippen molar-refractivity contribution in [2.45, 2.75) is 39.3 Å². The number of rotatable bonds is 8. The maximum Gasteiger partial charge on any atom is 0.103 e. The Hall–Kier alpha value is -1.16. The summed E-state index contributed by atoms with van der Waals surface area (Å²) in [6.07, 6.45) is 1.18. The smallest absolute Gasteiger partial charge is 0.103 e. The molecule has 1 heterocycles. The fourth-order valence-electron chi connectivity index (χ4n) is 2.48. The Labute approximate surface area is 132 Å². The van der Waals surface area contributed by atoms with Gasteiger partial charge in [0.25, 0.3) is 0 Å². The van der Waals surface area contributed by atoms with E-state index < -0.39 is 0 Å². The number of thiophene rings is 1. The summed E-state index contributed by atoms with van der Waals surface area (Å²) in [5.41, 5.74) is 1.24. The molecule has 2 atom stereocenters. The van der Waals surface area contributed by atoms with Crippen molar-refractivity contribution in [3.8, 4) is 0 Å². The quantitative estimate of drug-likeness (QED) is 0.751. The zero-order valence-corrected chi connectivity index (χ0v) is 14.0.